The summed E-state index contributed by atoms with van der Waals surface area (Å²) in [5.41, 5.74) is 4.76. The van der Waals surface area contributed by atoms with Crippen LogP contribution in [0.4, 0.5) is 17.1 Å². The lowest BCUT2D eigenvalue weighted by Crippen LogP contribution is -2.37. The first-order valence-corrected chi connectivity index (χ1v) is 9.15. The summed E-state index contributed by atoms with van der Waals surface area (Å²) in [5.74, 6) is -0.0877. The van der Waals surface area contributed by atoms with Crippen LogP contribution in [0, 0.1) is 13.8 Å². The molecule has 5 nitrogen and oxygen atoms in total. The SMILES string of the molecule is Cc1cccc(C)c1NC(=O)CNc1cccc(Cl)c1N1CCOCC1. The van der Waals surface area contributed by atoms with Crippen molar-refractivity contribution in [2.45, 2.75) is 13.8 Å². The largest absolute Gasteiger partial charge is 0.378 e. The number of amides is 1. The molecule has 1 aliphatic heterocycles. The minimum atomic E-state index is -0.0877. The highest BCUT2D eigenvalue weighted by Gasteiger charge is 2.18. The Balaban J connectivity index is 1.69. The zero-order chi connectivity index (χ0) is 18.5. The molecular weight excluding hydrogens is 350 g/mol. The first-order valence-electron chi connectivity index (χ1n) is 8.77. The number of anilines is 3. The van der Waals surface area contributed by atoms with E-state index < -0.39 is 0 Å². The Kier molecular flexibility index (Phi) is 6.01. The molecule has 0 unspecified atom stereocenters. The molecular formula is C20H24ClN3O2. The number of rotatable bonds is 5. The lowest BCUT2D eigenvalue weighted by molar-refractivity contribution is -0.114. The molecule has 1 amide bonds. The third kappa shape index (κ3) is 4.29. The fourth-order valence-corrected chi connectivity index (χ4v) is 3.43. The number of halogens is 1. The minimum Gasteiger partial charge on any atom is -0.378 e. The highest BCUT2D eigenvalue weighted by Crippen LogP contribution is 2.34. The molecule has 0 spiro atoms. The lowest BCUT2D eigenvalue weighted by atomic mass is 10.1. The fraction of sp³-hybridized carbons (Fsp3) is 0.350. The summed E-state index contributed by atoms with van der Waals surface area (Å²) in [6.45, 7) is 7.08. The van der Waals surface area contributed by atoms with Crippen molar-refractivity contribution < 1.29 is 9.53 Å². The van der Waals surface area contributed by atoms with Gasteiger partial charge in [-0.25, -0.2) is 0 Å². The number of carbonyl (C=O) groups excluding carboxylic acids is 1. The van der Waals surface area contributed by atoms with Crippen LogP contribution in [0.1, 0.15) is 11.1 Å². The molecule has 1 saturated heterocycles. The maximum atomic E-state index is 12.4. The molecule has 0 aliphatic carbocycles. The molecule has 1 fully saturated rings. The van der Waals surface area contributed by atoms with Crippen LogP contribution in [0.2, 0.25) is 5.02 Å². The minimum absolute atomic E-state index is 0.0877. The second-order valence-corrected chi connectivity index (χ2v) is 6.81. The molecule has 0 saturated carbocycles. The number of morpholine rings is 1. The molecule has 0 atom stereocenters. The summed E-state index contributed by atoms with van der Waals surface area (Å²) in [7, 11) is 0. The molecule has 3 rings (SSSR count). The van der Waals surface area contributed by atoms with Gasteiger partial charge in [0.2, 0.25) is 5.91 Å². The number of aryl methyl sites for hydroxylation is 2. The number of benzene rings is 2. The molecule has 1 aliphatic rings. The van der Waals surface area contributed by atoms with Crippen molar-refractivity contribution in [2.75, 3.05) is 48.4 Å². The third-order valence-corrected chi connectivity index (χ3v) is 4.80. The van der Waals surface area contributed by atoms with E-state index in [2.05, 4.69) is 15.5 Å². The molecule has 26 heavy (non-hydrogen) atoms. The van der Waals surface area contributed by atoms with Crippen molar-refractivity contribution in [2.24, 2.45) is 0 Å². The Bertz CT molecular complexity index is 768. The summed E-state index contributed by atoms with van der Waals surface area (Å²) in [4.78, 5) is 14.6. The van der Waals surface area contributed by atoms with Crippen LogP contribution in [0.5, 0.6) is 0 Å². The van der Waals surface area contributed by atoms with Crippen LogP contribution >= 0.6 is 11.6 Å². The summed E-state index contributed by atoms with van der Waals surface area (Å²) in [5, 5.41) is 6.90. The quantitative estimate of drug-likeness (QED) is 0.836. The molecule has 2 N–H and O–H groups in total. The second kappa shape index (κ2) is 8.43. The number of para-hydroxylation sites is 2. The van der Waals surface area contributed by atoms with Gasteiger partial charge >= 0.3 is 0 Å². The van der Waals surface area contributed by atoms with Gasteiger partial charge in [-0.15, -0.1) is 0 Å². The molecule has 138 valence electrons. The number of hydrogen-bond donors (Lipinski definition) is 2. The Morgan fingerprint density at radius 1 is 1.12 bits per heavy atom. The molecule has 2 aromatic rings. The zero-order valence-electron chi connectivity index (χ0n) is 15.1. The average Bonchev–Trinajstić information content (AvgIpc) is 2.64. The Labute approximate surface area is 159 Å². The summed E-state index contributed by atoms with van der Waals surface area (Å²) < 4.78 is 5.42. The van der Waals surface area contributed by atoms with E-state index in [4.69, 9.17) is 16.3 Å². The number of nitrogens with one attached hydrogen (secondary N) is 2. The first-order chi connectivity index (χ1) is 12.6. The van der Waals surface area contributed by atoms with E-state index in [1.54, 1.807) is 0 Å². The van der Waals surface area contributed by atoms with Gasteiger partial charge in [0.05, 0.1) is 36.2 Å². The molecule has 1 heterocycles. The topological polar surface area (TPSA) is 53.6 Å². The highest BCUT2D eigenvalue weighted by atomic mass is 35.5. The van der Waals surface area contributed by atoms with Crippen LogP contribution in [-0.2, 0) is 9.53 Å². The average molecular weight is 374 g/mol. The van der Waals surface area contributed by atoms with Crippen molar-refractivity contribution >= 4 is 34.6 Å². The van der Waals surface area contributed by atoms with E-state index in [1.807, 2.05) is 50.2 Å². The smallest absolute Gasteiger partial charge is 0.243 e. The summed E-state index contributed by atoms with van der Waals surface area (Å²) in [6, 6.07) is 11.7. The second-order valence-electron chi connectivity index (χ2n) is 6.40. The van der Waals surface area contributed by atoms with Gasteiger partial charge in [-0.1, -0.05) is 35.9 Å². The molecule has 0 aromatic heterocycles. The Morgan fingerprint density at radius 3 is 2.46 bits per heavy atom. The summed E-state index contributed by atoms with van der Waals surface area (Å²) in [6.07, 6.45) is 0. The number of ether oxygens (including phenoxy) is 1. The lowest BCUT2D eigenvalue weighted by Gasteiger charge is -2.31. The van der Waals surface area contributed by atoms with E-state index in [0.29, 0.717) is 18.2 Å². The fourth-order valence-electron chi connectivity index (χ4n) is 3.14. The monoisotopic (exact) mass is 373 g/mol. The van der Waals surface area contributed by atoms with E-state index in [9.17, 15) is 4.79 Å². The van der Waals surface area contributed by atoms with Crippen LogP contribution in [0.25, 0.3) is 0 Å². The Morgan fingerprint density at radius 2 is 1.77 bits per heavy atom. The van der Waals surface area contributed by atoms with E-state index in [-0.39, 0.29) is 12.5 Å². The van der Waals surface area contributed by atoms with Gasteiger partial charge < -0.3 is 20.3 Å². The van der Waals surface area contributed by atoms with Crippen molar-refractivity contribution in [3.05, 3.63) is 52.5 Å². The van der Waals surface area contributed by atoms with Gasteiger partial charge in [-0.3, -0.25) is 4.79 Å². The normalized spacial score (nSPS) is 14.2. The van der Waals surface area contributed by atoms with Gasteiger partial charge in [0.25, 0.3) is 0 Å². The molecule has 6 heteroatoms. The van der Waals surface area contributed by atoms with Gasteiger partial charge in [-0.2, -0.15) is 0 Å². The van der Waals surface area contributed by atoms with Gasteiger partial charge in [0.1, 0.15) is 0 Å². The van der Waals surface area contributed by atoms with Gasteiger partial charge in [0.15, 0.2) is 0 Å². The van der Waals surface area contributed by atoms with Crippen LogP contribution in [0.15, 0.2) is 36.4 Å². The number of nitrogens with zero attached hydrogens (tertiary/aromatic N) is 1. The number of carbonyl (C=O) groups is 1. The van der Waals surface area contributed by atoms with Crippen LogP contribution in [-0.4, -0.2) is 38.8 Å². The van der Waals surface area contributed by atoms with Crippen LogP contribution in [0.3, 0.4) is 0 Å². The molecule has 0 radical (unpaired) electrons. The van der Waals surface area contributed by atoms with Crippen molar-refractivity contribution in [1.29, 1.82) is 0 Å². The van der Waals surface area contributed by atoms with Crippen molar-refractivity contribution in [3.63, 3.8) is 0 Å². The maximum Gasteiger partial charge on any atom is 0.243 e. The first kappa shape index (κ1) is 18.5. The predicted octanol–water partition coefficient (Wildman–Crippen LogP) is 3.84. The van der Waals surface area contributed by atoms with Crippen molar-refractivity contribution in [1.82, 2.24) is 0 Å². The Hall–Kier alpha value is -2.24. The standard InChI is InChI=1S/C20H24ClN3O2/c1-14-5-3-6-15(2)19(14)23-18(25)13-22-17-8-4-7-16(21)20(17)24-9-11-26-12-10-24/h3-8,22H,9-13H2,1-2H3,(H,23,25). The van der Waals surface area contributed by atoms with Gasteiger partial charge in [0, 0.05) is 18.8 Å². The predicted molar refractivity (Wildman–Crippen MR) is 108 cm³/mol. The van der Waals surface area contributed by atoms with Crippen molar-refractivity contribution in [3.8, 4) is 0 Å². The van der Waals surface area contributed by atoms with Gasteiger partial charge in [-0.05, 0) is 37.1 Å². The summed E-state index contributed by atoms with van der Waals surface area (Å²) >= 11 is 6.43. The zero-order valence-corrected chi connectivity index (χ0v) is 15.9. The maximum absolute atomic E-state index is 12.4. The van der Waals surface area contributed by atoms with Crippen LogP contribution < -0.4 is 15.5 Å². The van der Waals surface area contributed by atoms with E-state index >= 15 is 0 Å². The van der Waals surface area contributed by atoms with E-state index in [0.717, 1.165) is 41.3 Å². The molecule has 2 aromatic carbocycles. The highest BCUT2D eigenvalue weighted by molar-refractivity contribution is 6.34. The molecule has 0 bridgehead atoms. The third-order valence-electron chi connectivity index (χ3n) is 4.50. The number of hydrogen-bond acceptors (Lipinski definition) is 4. The van der Waals surface area contributed by atoms with E-state index in [1.165, 1.54) is 0 Å².